The zero-order chi connectivity index (χ0) is 9.68. The fraction of sp³-hybridized carbons (Fsp3) is 0.200. The molecule has 0 spiro atoms. The van der Waals surface area contributed by atoms with Crippen molar-refractivity contribution in [2.75, 3.05) is 11.9 Å². The minimum Gasteiger partial charge on any atom is -0.330 e. The standard InChI is InChI=1S/C10H13N2O/c1-8-4-2-3-5-9(8)12-10(13)6-7-11/h2-5H,1,6-7,11H2,(H,12,13). The molecular weight excluding hydrogens is 164 g/mol. The fourth-order valence-corrected chi connectivity index (χ4v) is 0.986. The highest BCUT2D eigenvalue weighted by molar-refractivity contribution is 5.91. The number of amides is 1. The second kappa shape index (κ2) is 4.62. The molecule has 1 aromatic rings. The lowest BCUT2D eigenvalue weighted by Crippen LogP contribution is -2.16. The van der Waals surface area contributed by atoms with Gasteiger partial charge in [-0.1, -0.05) is 18.2 Å². The van der Waals surface area contributed by atoms with Crippen LogP contribution in [0.5, 0.6) is 0 Å². The van der Waals surface area contributed by atoms with Crippen molar-refractivity contribution in [2.45, 2.75) is 6.42 Å². The van der Waals surface area contributed by atoms with E-state index in [-0.39, 0.29) is 5.91 Å². The van der Waals surface area contributed by atoms with Gasteiger partial charge in [-0.15, -0.1) is 0 Å². The molecule has 0 bridgehead atoms. The third-order valence-corrected chi connectivity index (χ3v) is 1.66. The third-order valence-electron chi connectivity index (χ3n) is 1.66. The quantitative estimate of drug-likeness (QED) is 0.727. The van der Waals surface area contributed by atoms with Crippen LogP contribution in [0.1, 0.15) is 12.0 Å². The second-order valence-corrected chi connectivity index (χ2v) is 2.74. The highest BCUT2D eigenvalue weighted by Crippen LogP contribution is 2.12. The van der Waals surface area contributed by atoms with Gasteiger partial charge in [0, 0.05) is 18.7 Å². The molecule has 0 aromatic heterocycles. The van der Waals surface area contributed by atoms with Crippen LogP contribution in [-0.4, -0.2) is 12.5 Å². The molecule has 3 nitrogen and oxygen atoms in total. The van der Waals surface area contributed by atoms with E-state index in [9.17, 15) is 4.79 Å². The van der Waals surface area contributed by atoms with Crippen molar-refractivity contribution in [1.82, 2.24) is 0 Å². The third kappa shape index (κ3) is 2.87. The predicted molar refractivity (Wildman–Crippen MR) is 53.2 cm³/mol. The molecule has 0 aliphatic rings. The molecule has 0 aliphatic carbocycles. The van der Waals surface area contributed by atoms with Gasteiger partial charge >= 0.3 is 0 Å². The van der Waals surface area contributed by atoms with Gasteiger partial charge in [-0.05, 0) is 18.6 Å². The van der Waals surface area contributed by atoms with Crippen molar-refractivity contribution in [3.8, 4) is 0 Å². The molecule has 1 radical (unpaired) electrons. The summed E-state index contributed by atoms with van der Waals surface area (Å²) in [5.74, 6) is -0.0707. The number of nitrogens with one attached hydrogen (secondary N) is 1. The molecule has 0 aliphatic heterocycles. The summed E-state index contributed by atoms with van der Waals surface area (Å²) < 4.78 is 0. The monoisotopic (exact) mass is 177 g/mol. The van der Waals surface area contributed by atoms with E-state index in [1.54, 1.807) is 0 Å². The van der Waals surface area contributed by atoms with Crippen LogP contribution in [0.3, 0.4) is 0 Å². The van der Waals surface area contributed by atoms with Gasteiger partial charge in [0.05, 0.1) is 0 Å². The van der Waals surface area contributed by atoms with Crippen LogP contribution in [0.25, 0.3) is 0 Å². The molecule has 1 aromatic carbocycles. The first-order chi connectivity index (χ1) is 6.24. The number of benzene rings is 1. The summed E-state index contributed by atoms with van der Waals surface area (Å²) in [6, 6.07) is 7.39. The first kappa shape index (κ1) is 9.74. The van der Waals surface area contributed by atoms with Crippen molar-refractivity contribution in [2.24, 2.45) is 5.73 Å². The number of nitrogens with two attached hydrogens (primary N) is 1. The number of carbonyl (C=O) groups is 1. The molecule has 0 fully saturated rings. The SMILES string of the molecule is [CH2]c1ccccc1NC(=O)CCN. The normalized spacial score (nSPS) is 9.69. The highest BCUT2D eigenvalue weighted by Gasteiger charge is 2.01. The van der Waals surface area contributed by atoms with Crippen molar-refractivity contribution in [1.29, 1.82) is 0 Å². The lowest BCUT2D eigenvalue weighted by atomic mass is 10.2. The van der Waals surface area contributed by atoms with E-state index in [1.807, 2.05) is 24.3 Å². The van der Waals surface area contributed by atoms with E-state index in [0.717, 1.165) is 11.3 Å². The van der Waals surface area contributed by atoms with Crippen LogP contribution in [-0.2, 0) is 4.79 Å². The first-order valence-electron chi connectivity index (χ1n) is 4.15. The van der Waals surface area contributed by atoms with Gasteiger partial charge < -0.3 is 11.1 Å². The Hall–Kier alpha value is -1.35. The van der Waals surface area contributed by atoms with E-state index < -0.39 is 0 Å². The molecule has 0 saturated carbocycles. The van der Waals surface area contributed by atoms with Crippen LogP contribution < -0.4 is 11.1 Å². The molecule has 0 heterocycles. The number of hydrogen-bond acceptors (Lipinski definition) is 2. The second-order valence-electron chi connectivity index (χ2n) is 2.74. The van der Waals surface area contributed by atoms with Gasteiger partial charge in [-0.2, -0.15) is 0 Å². The molecule has 3 N–H and O–H groups in total. The Morgan fingerprint density at radius 2 is 2.15 bits per heavy atom. The smallest absolute Gasteiger partial charge is 0.225 e. The topological polar surface area (TPSA) is 55.1 Å². The summed E-state index contributed by atoms with van der Waals surface area (Å²) in [5.41, 5.74) is 6.81. The molecule has 3 heteroatoms. The molecule has 69 valence electrons. The number of para-hydroxylation sites is 1. The van der Waals surface area contributed by atoms with Gasteiger partial charge in [0.1, 0.15) is 0 Å². The maximum Gasteiger partial charge on any atom is 0.225 e. The first-order valence-corrected chi connectivity index (χ1v) is 4.15. The van der Waals surface area contributed by atoms with Gasteiger partial charge in [0.15, 0.2) is 0 Å². The maximum absolute atomic E-state index is 11.1. The Labute approximate surface area is 77.9 Å². The number of anilines is 1. The minimum atomic E-state index is -0.0707. The molecule has 0 saturated heterocycles. The van der Waals surface area contributed by atoms with Crippen molar-refractivity contribution in [3.63, 3.8) is 0 Å². The van der Waals surface area contributed by atoms with Crippen LogP contribution in [0.2, 0.25) is 0 Å². The molecular formula is C10H13N2O. The molecule has 0 atom stereocenters. The molecule has 0 unspecified atom stereocenters. The maximum atomic E-state index is 11.1. The van der Waals surface area contributed by atoms with Gasteiger partial charge in [0.25, 0.3) is 0 Å². The largest absolute Gasteiger partial charge is 0.330 e. The number of carbonyl (C=O) groups excluding carboxylic acids is 1. The highest BCUT2D eigenvalue weighted by atomic mass is 16.1. The van der Waals surface area contributed by atoms with Crippen LogP contribution in [0.15, 0.2) is 24.3 Å². The minimum absolute atomic E-state index is 0.0707. The Kier molecular flexibility index (Phi) is 3.46. The Morgan fingerprint density at radius 1 is 1.46 bits per heavy atom. The average molecular weight is 177 g/mol. The van der Waals surface area contributed by atoms with Crippen molar-refractivity contribution in [3.05, 3.63) is 36.8 Å². The van der Waals surface area contributed by atoms with E-state index in [1.165, 1.54) is 0 Å². The summed E-state index contributed by atoms with van der Waals surface area (Å²) in [7, 11) is 0. The van der Waals surface area contributed by atoms with Crippen molar-refractivity contribution >= 4 is 11.6 Å². The van der Waals surface area contributed by atoms with Crippen LogP contribution in [0, 0.1) is 6.92 Å². The summed E-state index contributed by atoms with van der Waals surface area (Å²) in [6.45, 7) is 4.15. The Bertz CT molecular complexity index is 297. The van der Waals surface area contributed by atoms with Gasteiger partial charge in [-0.25, -0.2) is 0 Å². The number of hydrogen-bond donors (Lipinski definition) is 2. The summed E-state index contributed by atoms with van der Waals surface area (Å²) in [5, 5.41) is 2.73. The van der Waals surface area contributed by atoms with Gasteiger partial charge in [-0.3, -0.25) is 4.79 Å². The fourth-order valence-electron chi connectivity index (χ4n) is 0.986. The van der Waals surface area contributed by atoms with Gasteiger partial charge in [0.2, 0.25) is 5.91 Å². The Morgan fingerprint density at radius 3 is 2.77 bits per heavy atom. The molecule has 1 rings (SSSR count). The molecule has 1 amide bonds. The predicted octanol–water partition coefficient (Wildman–Crippen LogP) is 1.16. The van der Waals surface area contributed by atoms with E-state index in [2.05, 4.69) is 12.2 Å². The zero-order valence-corrected chi connectivity index (χ0v) is 7.42. The van der Waals surface area contributed by atoms with Crippen molar-refractivity contribution < 1.29 is 4.79 Å². The zero-order valence-electron chi connectivity index (χ0n) is 7.42. The van der Waals surface area contributed by atoms with Crippen LogP contribution in [0.4, 0.5) is 5.69 Å². The lowest BCUT2D eigenvalue weighted by molar-refractivity contribution is -0.116. The Balaban J connectivity index is 2.63. The average Bonchev–Trinajstić information content (AvgIpc) is 2.09. The number of rotatable bonds is 3. The van der Waals surface area contributed by atoms with Crippen LogP contribution >= 0.6 is 0 Å². The molecule has 13 heavy (non-hydrogen) atoms. The van der Waals surface area contributed by atoms with E-state index >= 15 is 0 Å². The summed E-state index contributed by atoms with van der Waals surface area (Å²) >= 11 is 0. The lowest BCUT2D eigenvalue weighted by Gasteiger charge is -2.06. The van der Waals surface area contributed by atoms with E-state index in [0.29, 0.717) is 13.0 Å². The summed E-state index contributed by atoms with van der Waals surface area (Å²) in [6.07, 6.45) is 0.342. The van der Waals surface area contributed by atoms with E-state index in [4.69, 9.17) is 5.73 Å². The summed E-state index contributed by atoms with van der Waals surface area (Å²) in [4.78, 5) is 11.1.